The predicted molar refractivity (Wildman–Crippen MR) is 154 cm³/mol. The van der Waals surface area contributed by atoms with Crippen LogP contribution in [0, 0.1) is 6.92 Å². The van der Waals surface area contributed by atoms with E-state index >= 15 is 0 Å². The number of carbonyl (C=O) groups is 1. The van der Waals surface area contributed by atoms with Crippen LogP contribution >= 0.6 is 15.9 Å². The molecule has 0 fully saturated rings. The van der Waals surface area contributed by atoms with Crippen LogP contribution in [0.4, 0.5) is 5.69 Å². The van der Waals surface area contributed by atoms with E-state index < -0.39 is 10.0 Å². The largest absolute Gasteiger partial charge is 0.496 e. The second-order valence-corrected chi connectivity index (χ2v) is 11.7. The fourth-order valence-electron chi connectivity index (χ4n) is 3.99. The van der Waals surface area contributed by atoms with E-state index in [1.165, 1.54) is 23.5 Å². The van der Waals surface area contributed by atoms with Crippen LogP contribution in [0.15, 0.2) is 106 Å². The third-order valence-electron chi connectivity index (χ3n) is 6.22. The summed E-state index contributed by atoms with van der Waals surface area (Å²) in [5.74, 6) is 0.347. The van der Waals surface area contributed by atoms with Crippen LogP contribution in [0.3, 0.4) is 0 Å². The van der Waals surface area contributed by atoms with Gasteiger partial charge in [0.05, 0.1) is 34.8 Å². The van der Waals surface area contributed by atoms with Crippen molar-refractivity contribution in [2.24, 2.45) is 0 Å². The van der Waals surface area contributed by atoms with Gasteiger partial charge < -0.3 is 10.1 Å². The Morgan fingerprint density at radius 3 is 2.21 bits per heavy atom. The Morgan fingerprint density at radius 2 is 1.61 bits per heavy atom. The normalized spacial score (nSPS) is 12.0. The van der Waals surface area contributed by atoms with Crippen molar-refractivity contribution in [1.82, 2.24) is 5.32 Å². The Balaban J connectivity index is 1.59. The van der Waals surface area contributed by atoms with Gasteiger partial charge in [0.15, 0.2) is 0 Å². The highest BCUT2D eigenvalue weighted by molar-refractivity contribution is 9.10. The molecule has 0 saturated heterocycles. The van der Waals surface area contributed by atoms with Gasteiger partial charge in [0.2, 0.25) is 0 Å². The van der Waals surface area contributed by atoms with Gasteiger partial charge in [0, 0.05) is 5.56 Å². The maximum atomic E-state index is 13.8. The summed E-state index contributed by atoms with van der Waals surface area (Å²) >= 11 is 3.39. The van der Waals surface area contributed by atoms with E-state index in [9.17, 15) is 13.2 Å². The Labute approximate surface area is 232 Å². The number of carbonyl (C=O) groups excluding carboxylic acids is 1. The average Bonchev–Trinajstić information content (AvgIpc) is 2.93. The second kappa shape index (κ2) is 11.8. The van der Waals surface area contributed by atoms with E-state index in [0.717, 1.165) is 16.7 Å². The average molecular weight is 594 g/mol. The number of rotatable bonds is 9. The zero-order chi connectivity index (χ0) is 27.3. The Hall–Kier alpha value is -3.62. The first-order valence-corrected chi connectivity index (χ1v) is 14.3. The van der Waals surface area contributed by atoms with Crippen molar-refractivity contribution in [3.05, 3.63) is 124 Å². The van der Waals surface area contributed by atoms with Gasteiger partial charge in [-0.1, -0.05) is 60.2 Å². The minimum absolute atomic E-state index is 0.0946. The number of hydrogen-bond donors (Lipinski definition) is 1. The van der Waals surface area contributed by atoms with E-state index in [1.54, 1.807) is 42.5 Å². The Morgan fingerprint density at radius 1 is 0.947 bits per heavy atom. The zero-order valence-corrected chi connectivity index (χ0v) is 23.8. The van der Waals surface area contributed by atoms with Gasteiger partial charge in [-0.25, -0.2) is 8.42 Å². The monoisotopic (exact) mass is 592 g/mol. The molecule has 8 heteroatoms. The maximum Gasteiger partial charge on any atom is 0.264 e. The topological polar surface area (TPSA) is 75.7 Å². The molecule has 0 aromatic heterocycles. The van der Waals surface area contributed by atoms with Gasteiger partial charge in [-0.15, -0.1) is 0 Å². The predicted octanol–water partition coefficient (Wildman–Crippen LogP) is 6.65. The van der Waals surface area contributed by atoms with Gasteiger partial charge in [-0.05, 0) is 83.4 Å². The highest BCUT2D eigenvalue weighted by atomic mass is 79.9. The third kappa shape index (κ3) is 6.26. The summed E-state index contributed by atoms with van der Waals surface area (Å²) in [5.41, 5.74) is 3.83. The molecule has 0 heterocycles. The van der Waals surface area contributed by atoms with Crippen LogP contribution in [-0.2, 0) is 16.6 Å². The number of benzene rings is 4. The minimum atomic E-state index is -3.92. The Kier molecular flexibility index (Phi) is 8.54. The lowest BCUT2D eigenvalue weighted by Crippen LogP contribution is -2.30. The summed E-state index contributed by atoms with van der Waals surface area (Å²) in [6, 6.07) is 28.6. The standard InChI is InChI=1S/C30H29BrN2O4S/c1-21-9-15-26(16-10-21)33(38(35,36)27-17-18-29(37-3)28(31)19-27)20-23-11-13-25(14-12-23)30(34)32-22(2)24-7-5-4-6-8-24/h4-19,22H,20H2,1-3H3,(H,32,34). The molecule has 196 valence electrons. The first kappa shape index (κ1) is 27.4. The number of nitrogens with zero attached hydrogens (tertiary/aromatic N) is 1. The van der Waals surface area contributed by atoms with Crippen LogP contribution < -0.4 is 14.4 Å². The van der Waals surface area contributed by atoms with Crippen LogP contribution in [0.25, 0.3) is 0 Å². The number of anilines is 1. The first-order valence-electron chi connectivity index (χ1n) is 12.1. The van der Waals surface area contributed by atoms with E-state index in [2.05, 4.69) is 21.2 Å². The second-order valence-electron chi connectivity index (χ2n) is 8.95. The van der Waals surface area contributed by atoms with Crippen molar-refractivity contribution in [2.75, 3.05) is 11.4 Å². The summed E-state index contributed by atoms with van der Waals surface area (Å²) in [6.45, 7) is 3.98. The quantitative estimate of drug-likeness (QED) is 0.236. The number of halogens is 1. The van der Waals surface area contributed by atoms with Crippen molar-refractivity contribution in [3.8, 4) is 5.75 Å². The lowest BCUT2D eigenvalue weighted by atomic mass is 10.1. The van der Waals surface area contributed by atoms with Gasteiger partial charge >= 0.3 is 0 Å². The van der Waals surface area contributed by atoms with Crippen molar-refractivity contribution >= 4 is 37.5 Å². The molecule has 4 aromatic carbocycles. The molecule has 1 N–H and O–H groups in total. The SMILES string of the molecule is COc1ccc(S(=O)(=O)N(Cc2ccc(C(=O)NC(C)c3ccccc3)cc2)c2ccc(C)cc2)cc1Br. The molecular weight excluding hydrogens is 564 g/mol. The summed E-state index contributed by atoms with van der Waals surface area (Å²) in [4.78, 5) is 12.9. The van der Waals surface area contributed by atoms with E-state index in [-0.39, 0.29) is 23.4 Å². The molecule has 1 atom stereocenters. The first-order chi connectivity index (χ1) is 18.2. The summed E-state index contributed by atoms with van der Waals surface area (Å²) in [5, 5.41) is 3.00. The lowest BCUT2D eigenvalue weighted by molar-refractivity contribution is 0.0940. The van der Waals surface area contributed by atoms with E-state index in [0.29, 0.717) is 21.5 Å². The molecule has 0 saturated carbocycles. The summed E-state index contributed by atoms with van der Waals surface area (Å²) in [6.07, 6.45) is 0. The van der Waals surface area contributed by atoms with E-state index in [1.807, 2.05) is 56.3 Å². The van der Waals surface area contributed by atoms with Crippen molar-refractivity contribution in [3.63, 3.8) is 0 Å². The van der Waals surface area contributed by atoms with Crippen LogP contribution in [0.1, 0.15) is 40.0 Å². The molecule has 38 heavy (non-hydrogen) atoms. The molecule has 6 nitrogen and oxygen atoms in total. The number of amides is 1. The fourth-order valence-corrected chi connectivity index (χ4v) is 6.16. The molecule has 0 radical (unpaired) electrons. The molecular formula is C30H29BrN2O4S. The van der Waals surface area contributed by atoms with Crippen LogP contribution in [-0.4, -0.2) is 21.4 Å². The van der Waals surface area contributed by atoms with Crippen molar-refractivity contribution in [1.29, 1.82) is 0 Å². The molecule has 0 aliphatic heterocycles. The molecule has 1 unspecified atom stereocenters. The van der Waals surface area contributed by atoms with Gasteiger partial charge in [0.25, 0.3) is 15.9 Å². The molecule has 1 amide bonds. The zero-order valence-electron chi connectivity index (χ0n) is 21.4. The smallest absolute Gasteiger partial charge is 0.264 e. The number of ether oxygens (including phenoxy) is 1. The maximum absolute atomic E-state index is 13.8. The number of methoxy groups -OCH3 is 1. The Bertz CT molecular complexity index is 1510. The minimum Gasteiger partial charge on any atom is -0.496 e. The van der Waals surface area contributed by atoms with Crippen LogP contribution in [0.5, 0.6) is 5.75 Å². The summed E-state index contributed by atoms with van der Waals surface area (Å²) in [7, 11) is -2.39. The summed E-state index contributed by atoms with van der Waals surface area (Å²) < 4.78 is 34.8. The molecule has 4 rings (SSSR count). The highest BCUT2D eigenvalue weighted by Crippen LogP contribution is 2.32. The third-order valence-corrected chi connectivity index (χ3v) is 8.61. The van der Waals surface area contributed by atoms with Gasteiger partial charge in [-0.2, -0.15) is 0 Å². The van der Waals surface area contributed by atoms with Gasteiger partial charge in [-0.3, -0.25) is 9.10 Å². The van der Waals surface area contributed by atoms with E-state index in [4.69, 9.17) is 4.74 Å². The van der Waals surface area contributed by atoms with Crippen molar-refractivity contribution in [2.45, 2.75) is 31.3 Å². The lowest BCUT2D eigenvalue weighted by Gasteiger charge is -2.25. The molecule has 0 spiro atoms. The van der Waals surface area contributed by atoms with Crippen molar-refractivity contribution < 1.29 is 17.9 Å². The number of sulfonamides is 1. The molecule has 0 aliphatic rings. The number of nitrogens with one attached hydrogen (secondary N) is 1. The number of hydrogen-bond acceptors (Lipinski definition) is 4. The molecule has 0 aliphatic carbocycles. The van der Waals surface area contributed by atoms with Gasteiger partial charge in [0.1, 0.15) is 5.75 Å². The van der Waals surface area contributed by atoms with Crippen LogP contribution in [0.2, 0.25) is 0 Å². The molecule has 0 bridgehead atoms. The fraction of sp³-hybridized carbons (Fsp3) is 0.167. The molecule has 4 aromatic rings. The highest BCUT2D eigenvalue weighted by Gasteiger charge is 2.26. The number of aryl methyl sites for hydroxylation is 1.